The molecule has 0 spiro atoms. The van der Waals surface area contributed by atoms with E-state index in [1.165, 1.54) is 31.3 Å². The molecule has 3 aromatic carbocycles. The summed E-state index contributed by atoms with van der Waals surface area (Å²) in [6, 6.07) is 11.1. The van der Waals surface area contributed by atoms with E-state index >= 15 is 4.79 Å². The number of benzene rings is 3. The van der Waals surface area contributed by atoms with Crippen LogP contribution in [0.25, 0.3) is 10.8 Å². The van der Waals surface area contributed by atoms with Crippen molar-refractivity contribution in [2.45, 2.75) is 181 Å². The van der Waals surface area contributed by atoms with Crippen molar-refractivity contribution in [3.8, 4) is 5.75 Å². The van der Waals surface area contributed by atoms with Crippen LogP contribution in [0.5, 0.6) is 5.75 Å². The molecule has 0 saturated carbocycles. The van der Waals surface area contributed by atoms with Crippen molar-refractivity contribution in [2.24, 2.45) is 35.3 Å². The number of carbonyl (C=O) groups is 13. The smallest absolute Gasteiger partial charge is 0.407 e. The van der Waals surface area contributed by atoms with E-state index in [-0.39, 0.29) is 131 Å². The molecule has 590 valence electrons. The van der Waals surface area contributed by atoms with Gasteiger partial charge in [-0.2, -0.15) is 0 Å². The van der Waals surface area contributed by atoms with Gasteiger partial charge < -0.3 is 81.8 Å². The van der Waals surface area contributed by atoms with E-state index in [4.69, 9.17) is 29.4 Å². The highest BCUT2D eigenvalue weighted by molar-refractivity contribution is 6.13. The number of ketones is 1. The topological polar surface area (TPSA) is 403 Å². The number of alkyl carbamates (subject to hydrolysis) is 2. The van der Waals surface area contributed by atoms with Crippen LogP contribution in [0.4, 0.5) is 20.1 Å². The number of hydrogen-bond acceptors (Lipinski definition) is 19. The van der Waals surface area contributed by atoms with Crippen molar-refractivity contribution in [3.05, 3.63) is 83.9 Å². The van der Waals surface area contributed by atoms with Gasteiger partial charge in [0.15, 0.2) is 5.78 Å². The summed E-state index contributed by atoms with van der Waals surface area (Å²) in [6.07, 6.45) is 0.0628. The molecule has 1 saturated heterocycles. The number of carbonyl (C=O) groups excluding carboxylic acids is 13. The van der Waals surface area contributed by atoms with Crippen molar-refractivity contribution in [2.75, 3.05) is 87.1 Å². The largest absolute Gasteiger partial charge is 0.497 e. The molecule has 2 aliphatic rings. The van der Waals surface area contributed by atoms with Gasteiger partial charge in [0.25, 0.3) is 11.8 Å². The zero-order chi connectivity index (χ0) is 79.4. The van der Waals surface area contributed by atoms with Gasteiger partial charge in [-0.15, -0.1) is 0 Å². The van der Waals surface area contributed by atoms with E-state index in [1.807, 2.05) is 58.6 Å². The molecule has 13 amide bonds. The van der Waals surface area contributed by atoms with Crippen molar-refractivity contribution in [3.63, 3.8) is 0 Å². The minimum atomic E-state index is -1.12. The van der Waals surface area contributed by atoms with E-state index < -0.39 is 108 Å². The Labute approximate surface area is 627 Å². The Bertz CT molecular complexity index is 3560. The highest BCUT2D eigenvalue weighted by Crippen LogP contribution is 2.32. The first-order valence-corrected chi connectivity index (χ1v) is 36.6. The van der Waals surface area contributed by atoms with E-state index in [9.17, 15) is 57.5 Å². The molecule has 0 aliphatic carbocycles. The number of urea groups is 1. The number of methoxy groups -OCH3 is 3. The number of Topliss-reactive ketones (excluding diaryl/α,β-unsaturated/α-hetero) is 1. The summed E-state index contributed by atoms with van der Waals surface area (Å²) >= 11 is 0. The van der Waals surface area contributed by atoms with Crippen molar-refractivity contribution >= 4 is 93.6 Å². The fourth-order valence-corrected chi connectivity index (χ4v) is 13.3. The molecule has 31 heteroatoms. The molecule has 0 unspecified atom stereocenters. The molecule has 0 aromatic heterocycles. The number of anilines is 1. The number of likely N-dealkylation sites (tertiary alicyclic amines) is 1. The molecule has 10 N–H and O–H groups in total. The molecule has 1 fully saturated rings. The zero-order valence-electron chi connectivity index (χ0n) is 64.5. The molecule has 0 radical (unpaired) electrons. The van der Waals surface area contributed by atoms with Crippen LogP contribution in [-0.4, -0.2) is 233 Å². The highest BCUT2D eigenvalue weighted by Gasteiger charge is 2.47. The number of unbranched alkanes of at least 4 members (excludes halogenated alkanes) is 2. The van der Waals surface area contributed by atoms with E-state index in [0.29, 0.717) is 48.2 Å². The molecule has 2 heterocycles. The summed E-state index contributed by atoms with van der Waals surface area (Å²) < 4.78 is 28.8. The minimum Gasteiger partial charge on any atom is -0.497 e. The van der Waals surface area contributed by atoms with Gasteiger partial charge in [-0.3, -0.25) is 57.7 Å². The van der Waals surface area contributed by atoms with Crippen molar-refractivity contribution < 1.29 is 86.0 Å². The molecule has 107 heavy (non-hydrogen) atoms. The molecular formula is C76H113N13O18. The Hall–Kier alpha value is -9.75. The normalized spacial score (nSPS) is 16.7. The monoisotopic (exact) mass is 1500 g/mol. The molecule has 0 bridgehead atoms. The van der Waals surface area contributed by atoms with Gasteiger partial charge in [-0.25, -0.2) is 14.4 Å². The standard InChI is InChI=1S/C76H113N13O18/c1-16-47(8)67(87(12)73(99)65(45(4)5)85-72(98)66(46(6)7)86(10)11)59(104-14)40-63(94)89-42-55(39-57(89)68(105-15)48(9)69(95)81-41-58(90)52-26-25-51-38-54(103-13)30-27-50(51)37-52)107-76(102)80-35-34-79-75(101)106-43-49-23-28-53(29-24-49)82-70(96)56(21-20-33-78-74(77)100)83-71(97)64(44(2)3)84-60(91)22-18-17-19-36-88-61(92)31-32-62(88)93/h23-32,37-38,44-48,55-57,59,64-68H,16-22,33-36,39-43H2,1-15H3,(H,79,101)(H,80,102)(H,81,95)(H,82,96)(H,83,97)(H,84,91)(H,85,98)(H3,77,78,100)/t47-,48+,55-,56-,57-,59+,64-,65-,66-,67-,68+/m0/s1. The van der Waals surface area contributed by atoms with Gasteiger partial charge in [0, 0.05) is 83.7 Å². The maximum absolute atomic E-state index is 15.1. The fourth-order valence-electron chi connectivity index (χ4n) is 13.3. The Balaban J connectivity index is 1.20. The third-order valence-electron chi connectivity index (χ3n) is 19.3. The van der Waals surface area contributed by atoms with Crippen LogP contribution in [0.2, 0.25) is 0 Å². The predicted molar refractivity (Wildman–Crippen MR) is 400 cm³/mol. The first kappa shape index (κ1) is 87.9. The van der Waals surface area contributed by atoms with Crippen LogP contribution in [-0.2, 0) is 68.7 Å². The summed E-state index contributed by atoms with van der Waals surface area (Å²) in [5, 5.41) is 23.3. The first-order chi connectivity index (χ1) is 50.7. The van der Waals surface area contributed by atoms with Crippen molar-refractivity contribution in [1.29, 1.82) is 0 Å². The number of hydrogen-bond donors (Lipinski definition) is 9. The quantitative estimate of drug-likeness (QED) is 0.0206. The number of likely N-dealkylation sites (N-methyl/N-ethyl adjacent to an activating group) is 2. The highest BCUT2D eigenvalue weighted by atomic mass is 16.6. The number of nitrogens with one attached hydrogen (secondary N) is 8. The molecular weight excluding hydrogens is 1380 g/mol. The van der Waals surface area contributed by atoms with Crippen LogP contribution < -0.4 is 53.0 Å². The summed E-state index contributed by atoms with van der Waals surface area (Å²) in [4.78, 5) is 179. The molecule has 31 nitrogen and oxygen atoms in total. The Morgan fingerprint density at radius 3 is 1.90 bits per heavy atom. The maximum Gasteiger partial charge on any atom is 0.407 e. The average Bonchev–Trinajstić information content (AvgIpc) is 1.69. The summed E-state index contributed by atoms with van der Waals surface area (Å²) in [5.74, 6) is -5.68. The second kappa shape index (κ2) is 43.2. The summed E-state index contributed by atoms with van der Waals surface area (Å²) in [7, 11) is 9.65. The minimum absolute atomic E-state index is 0.0104. The van der Waals surface area contributed by atoms with E-state index in [0.717, 1.165) is 15.7 Å². The molecule has 5 rings (SSSR count). The average molecular weight is 1500 g/mol. The van der Waals surface area contributed by atoms with Crippen LogP contribution in [0.15, 0.2) is 72.8 Å². The lowest BCUT2D eigenvalue weighted by atomic mass is 9.89. The lowest BCUT2D eigenvalue weighted by Crippen LogP contribution is -2.59. The fraction of sp³-hybridized carbons (Fsp3) is 0.592. The molecule has 11 atom stereocenters. The number of nitrogens with two attached hydrogens (primary N) is 1. The third kappa shape index (κ3) is 26.6. The van der Waals surface area contributed by atoms with Crippen LogP contribution in [0.1, 0.15) is 136 Å². The Morgan fingerprint density at radius 1 is 0.654 bits per heavy atom. The number of ether oxygens (including phenoxy) is 5. The lowest BCUT2D eigenvalue weighted by Gasteiger charge is -2.41. The Morgan fingerprint density at radius 2 is 1.30 bits per heavy atom. The second-order valence-corrected chi connectivity index (χ2v) is 28.5. The maximum atomic E-state index is 15.1. The number of imide groups is 1. The number of rotatable bonds is 43. The van der Waals surface area contributed by atoms with E-state index in [2.05, 4.69) is 42.5 Å². The number of nitrogens with zero attached hydrogens (tertiary/aromatic N) is 4. The lowest BCUT2D eigenvalue weighted by molar-refractivity contribution is -0.148. The number of fused-ring (bicyclic) bond motifs is 1. The van der Waals surface area contributed by atoms with Gasteiger partial charge >= 0.3 is 18.2 Å². The van der Waals surface area contributed by atoms with Crippen LogP contribution >= 0.6 is 0 Å². The van der Waals surface area contributed by atoms with Gasteiger partial charge in [-0.05, 0) is 110 Å². The van der Waals surface area contributed by atoms with Gasteiger partial charge in [0.2, 0.25) is 41.4 Å². The number of amides is 13. The first-order valence-electron chi connectivity index (χ1n) is 36.6. The third-order valence-corrected chi connectivity index (χ3v) is 19.3. The summed E-state index contributed by atoms with van der Waals surface area (Å²) in [5.41, 5.74) is 6.47. The van der Waals surface area contributed by atoms with Gasteiger partial charge in [0.05, 0.1) is 62.9 Å². The van der Waals surface area contributed by atoms with Crippen molar-refractivity contribution in [1.82, 2.24) is 56.8 Å². The second-order valence-electron chi connectivity index (χ2n) is 28.5. The molecule has 3 aromatic rings. The molecule has 2 aliphatic heterocycles. The van der Waals surface area contributed by atoms with E-state index in [1.54, 1.807) is 102 Å². The zero-order valence-corrected chi connectivity index (χ0v) is 64.5. The Kier molecular flexibility index (Phi) is 35.4. The summed E-state index contributed by atoms with van der Waals surface area (Å²) in [6.45, 7) is 16.0. The predicted octanol–water partition coefficient (Wildman–Crippen LogP) is 4.92. The number of primary amides is 1. The SMILES string of the molecule is CC[C@H](C)[C@@H]([C@@H](CC(=O)N1C[C@@H](OC(=O)NCCNC(=O)OCc2ccc(NC(=O)[C@H](CCCNC(N)=O)NC(=O)[C@@H](NC(=O)CCCCCN3C(=O)C=CC3=O)C(C)C)cc2)C[C@H]1[C@H](OC)[C@@H](C)C(=O)NCC(=O)c1ccc2cc(OC)ccc2c1)OC)N(C)C(=O)[C@@H](NC(=O)[C@H](C(C)C)N(C)C)C(C)C. The van der Waals surface area contributed by atoms with Crippen LogP contribution in [0, 0.1) is 29.6 Å². The van der Waals surface area contributed by atoms with Crippen LogP contribution in [0.3, 0.4) is 0 Å². The van der Waals surface area contributed by atoms with Gasteiger partial charge in [0.1, 0.15) is 36.6 Å². The van der Waals surface area contributed by atoms with Gasteiger partial charge in [-0.1, -0.05) is 105 Å².